The van der Waals surface area contributed by atoms with Crippen molar-refractivity contribution >= 4 is 21.9 Å². The molecule has 0 fully saturated rings. The molecule has 0 aromatic carbocycles. The Hall–Kier alpha value is -0.170. The first-order chi connectivity index (χ1) is 7.81. The van der Waals surface area contributed by atoms with Crippen molar-refractivity contribution < 1.29 is 23.7 Å². The molecule has 0 aliphatic rings. The van der Waals surface area contributed by atoms with E-state index in [2.05, 4.69) is 15.9 Å². The van der Waals surface area contributed by atoms with Gasteiger partial charge in [0.2, 0.25) is 0 Å². The summed E-state index contributed by atoms with van der Waals surface area (Å²) in [6.45, 7) is 5.54. The fourth-order valence-corrected chi connectivity index (χ4v) is 0.999. The molecule has 0 bridgehead atoms. The summed E-state index contributed by atoms with van der Waals surface area (Å²) in [4.78, 5) is 10.7. The van der Waals surface area contributed by atoms with Gasteiger partial charge in [0.15, 0.2) is 0 Å². The molecular weight excluding hydrogens is 280 g/mol. The van der Waals surface area contributed by atoms with Crippen molar-refractivity contribution in [3.05, 3.63) is 0 Å². The van der Waals surface area contributed by atoms with Gasteiger partial charge in [-0.05, 0) is 6.92 Å². The van der Waals surface area contributed by atoms with Crippen molar-refractivity contribution in [1.82, 2.24) is 0 Å². The maximum Gasteiger partial charge on any atom is 0.316 e. The number of alkyl halides is 1. The molecule has 16 heavy (non-hydrogen) atoms. The zero-order valence-corrected chi connectivity index (χ0v) is 11.2. The van der Waals surface area contributed by atoms with Crippen LogP contribution in [0.25, 0.3) is 0 Å². The van der Waals surface area contributed by atoms with Crippen molar-refractivity contribution in [3.63, 3.8) is 0 Å². The number of rotatable bonds is 11. The maximum atomic E-state index is 10.7. The third-order valence-corrected chi connectivity index (χ3v) is 2.01. The van der Waals surface area contributed by atoms with Gasteiger partial charge in [-0.25, -0.2) is 0 Å². The van der Waals surface area contributed by atoms with Crippen LogP contribution in [0, 0.1) is 0 Å². The SMILES string of the molecule is CCOCCOCCOCCOC(=O)CBr. The molecular formula is C10H19BrO5. The van der Waals surface area contributed by atoms with E-state index in [-0.39, 0.29) is 17.9 Å². The van der Waals surface area contributed by atoms with Gasteiger partial charge >= 0.3 is 5.97 Å². The Balaban J connectivity index is 2.96. The van der Waals surface area contributed by atoms with Crippen LogP contribution in [0.4, 0.5) is 0 Å². The van der Waals surface area contributed by atoms with Crippen LogP contribution in [0.3, 0.4) is 0 Å². The minimum atomic E-state index is -0.281. The molecule has 0 saturated heterocycles. The third kappa shape index (κ3) is 11.9. The number of hydrogen-bond acceptors (Lipinski definition) is 5. The van der Waals surface area contributed by atoms with Gasteiger partial charge in [0.05, 0.1) is 33.0 Å². The second kappa shape index (κ2) is 12.9. The summed E-state index contributed by atoms with van der Waals surface area (Å²) in [6, 6.07) is 0. The average Bonchev–Trinajstić information content (AvgIpc) is 2.31. The molecule has 0 aromatic heterocycles. The summed E-state index contributed by atoms with van der Waals surface area (Å²) in [7, 11) is 0. The monoisotopic (exact) mass is 298 g/mol. The molecule has 0 aliphatic carbocycles. The lowest BCUT2D eigenvalue weighted by Gasteiger charge is -2.06. The highest BCUT2D eigenvalue weighted by Gasteiger charge is 1.98. The summed E-state index contributed by atoms with van der Waals surface area (Å²) in [6.07, 6.45) is 0. The Morgan fingerprint density at radius 1 is 0.938 bits per heavy atom. The van der Waals surface area contributed by atoms with Gasteiger partial charge in [0.25, 0.3) is 0 Å². The minimum Gasteiger partial charge on any atom is -0.463 e. The zero-order valence-electron chi connectivity index (χ0n) is 9.58. The normalized spacial score (nSPS) is 10.4. The third-order valence-electron chi connectivity index (χ3n) is 1.55. The molecule has 0 spiro atoms. The molecule has 0 N–H and O–H groups in total. The van der Waals surface area contributed by atoms with Crippen LogP contribution in [0.2, 0.25) is 0 Å². The van der Waals surface area contributed by atoms with E-state index in [1.807, 2.05) is 6.92 Å². The second-order valence-corrected chi connectivity index (χ2v) is 3.34. The summed E-state index contributed by atoms with van der Waals surface area (Å²) >= 11 is 2.99. The first kappa shape index (κ1) is 15.8. The van der Waals surface area contributed by atoms with Gasteiger partial charge in [0, 0.05) is 6.61 Å². The van der Waals surface area contributed by atoms with Crippen LogP contribution < -0.4 is 0 Å². The lowest BCUT2D eigenvalue weighted by Crippen LogP contribution is -2.14. The summed E-state index contributed by atoms with van der Waals surface area (Å²) in [5.74, 6) is -0.281. The van der Waals surface area contributed by atoms with E-state index < -0.39 is 0 Å². The zero-order chi connectivity index (χ0) is 12.1. The summed E-state index contributed by atoms with van der Waals surface area (Å²) in [5.41, 5.74) is 0. The van der Waals surface area contributed by atoms with Crippen LogP contribution in [-0.4, -0.2) is 57.5 Å². The number of esters is 1. The van der Waals surface area contributed by atoms with Crippen LogP contribution >= 0.6 is 15.9 Å². The van der Waals surface area contributed by atoms with Gasteiger partial charge in [-0.1, -0.05) is 15.9 Å². The lowest BCUT2D eigenvalue weighted by atomic mass is 10.7. The van der Waals surface area contributed by atoms with E-state index >= 15 is 0 Å². The summed E-state index contributed by atoms with van der Waals surface area (Å²) < 4.78 is 20.3. The molecule has 0 atom stereocenters. The summed E-state index contributed by atoms with van der Waals surface area (Å²) in [5, 5.41) is 0.216. The topological polar surface area (TPSA) is 54.0 Å². The Kier molecular flexibility index (Phi) is 12.8. The smallest absolute Gasteiger partial charge is 0.316 e. The number of ether oxygens (including phenoxy) is 4. The first-order valence-corrected chi connectivity index (χ1v) is 6.38. The highest BCUT2D eigenvalue weighted by molar-refractivity contribution is 9.09. The van der Waals surface area contributed by atoms with E-state index in [1.54, 1.807) is 0 Å². The van der Waals surface area contributed by atoms with Crippen molar-refractivity contribution in [2.75, 3.05) is 51.6 Å². The second-order valence-electron chi connectivity index (χ2n) is 2.78. The molecule has 0 saturated carbocycles. The molecule has 6 heteroatoms. The molecule has 0 aliphatic heterocycles. The molecule has 0 aromatic rings. The van der Waals surface area contributed by atoms with Crippen LogP contribution in [0.15, 0.2) is 0 Å². The van der Waals surface area contributed by atoms with Crippen LogP contribution in [-0.2, 0) is 23.7 Å². The molecule has 0 unspecified atom stereocenters. The van der Waals surface area contributed by atoms with E-state index in [4.69, 9.17) is 18.9 Å². The van der Waals surface area contributed by atoms with E-state index in [1.165, 1.54) is 0 Å². The number of carbonyl (C=O) groups is 1. The highest BCUT2D eigenvalue weighted by Crippen LogP contribution is 1.86. The van der Waals surface area contributed by atoms with E-state index in [9.17, 15) is 4.79 Å². The highest BCUT2D eigenvalue weighted by atomic mass is 79.9. The molecule has 0 heterocycles. The molecule has 0 amide bonds. The van der Waals surface area contributed by atoms with Crippen molar-refractivity contribution in [2.45, 2.75) is 6.92 Å². The Morgan fingerprint density at radius 3 is 1.94 bits per heavy atom. The fourth-order valence-electron chi connectivity index (χ4n) is 0.837. The molecule has 96 valence electrons. The fraction of sp³-hybridized carbons (Fsp3) is 0.900. The average molecular weight is 299 g/mol. The Morgan fingerprint density at radius 2 is 1.44 bits per heavy atom. The van der Waals surface area contributed by atoms with Crippen molar-refractivity contribution in [3.8, 4) is 0 Å². The largest absolute Gasteiger partial charge is 0.463 e. The number of carbonyl (C=O) groups excluding carboxylic acids is 1. The van der Waals surface area contributed by atoms with Gasteiger partial charge in [-0.3, -0.25) is 4.79 Å². The number of hydrogen-bond donors (Lipinski definition) is 0. The molecule has 5 nitrogen and oxygen atoms in total. The predicted octanol–water partition coefficient (Wildman–Crippen LogP) is 0.994. The van der Waals surface area contributed by atoms with Gasteiger partial charge in [-0.2, -0.15) is 0 Å². The lowest BCUT2D eigenvalue weighted by molar-refractivity contribution is -0.142. The quantitative estimate of drug-likeness (QED) is 0.323. The molecule has 0 radical (unpaired) electrons. The Labute approximate surface area is 105 Å². The van der Waals surface area contributed by atoms with Gasteiger partial charge in [0.1, 0.15) is 11.9 Å². The van der Waals surface area contributed by atoms with Crippen LogP contribution in [0.5, 0.6) is 0 Å². The predicted molar refractivity (Wildman–Crippen MR) is 62.9 cm³/mol. The van der Waals surface area contributed by atoms with Crippen molar-refractivity contribution in [2.24, 2.45) is 0 Å². The van der Waals surface area contributed by atoms with Gasteiger partial charge in [-0.15, -0.1) is 0 Å². The van der Waals surface area contributed by atoms with Crippen molar-refractivity contribution in [1.29, 1.82) is 0 Å². The number of halogens is 1. The standard InChI is InChI=1S/C10H19BrO5/c1-2-13-3-4-14-5-6-15-7-8-16-10(12)9-11/h2-9H2,1H3. The van der Waals surface area contributed by atoms with E-state index in [0.717, 1.165) is 0 Å². The van der Waals surface area contributed by atoms with Crippen LogP contribution in [0.1, 0.15) is 6.92 Å². The maximum absolute atomic E-state index is 10.7. The van der Waals surface area contributed by atoms with Gasteiger partial charge < -0.3 is 18.9 Å². The minimum absolute atomic E-state index is 0.216. The molecule has 0 rings (SSSR count). The van der Waals surface area contributed by atoms with E-state index in [0.29, 0.717) is 39.6 Å². The Bertz CT molecular complexity index is 165. The first-order valence-electron chi connectivity index (χ1n) is 5.26.